The average molecular weight is 548 g/mol. The molecular weight excluding hydrogens is 523 g/mol. The van der Waals surface area contributed by atoms with Crippen molar-refractivity contribution in [2.45, 2.75) is 13.0 Å². The summed E-state index contributed by atoms with van der Waals surface area (Å²) in [5, 5.41) is 20.6. The highest BCUT2D eigenvalue weighted by Gasteiger charge is 2.12. The van der Waals surface area contributed by atoms with Gasteiger partial charge in [-0.25, -0.2) is 4.99 Å². The van der Waals surface area contributed by atoms with E-state index in [0.717, 1.165) is 15.0 Å². The zero-order valence-corrected chi connectivity index (χ0v) is 20.2. The summed E-state index contributed by atoms with van der Waals surface area (Å²) >= 11 is 1.56. The highest BCUT2D eigenvalue weighted by molar-refractivity contribution is 14.0. The van der Waals surface area contributed by atoms with Crippen molar-refractivity contribution in [1.29, 1.82) is 0 Å². The molecule has 1 atom stereocenters. The molecule has 0 saturated heterocycles. The molecule has 0 aliphatic heterocycles. The molecule has 0 aliphatic rings. The van der Waals surface area contributed by atoms with Crippen LogP contribution in [-0.4, -0.2) is 36.6 Å². The number of halogens is 1. The molecule has 3 rings (SSSR count). The van der Waals surface area contributed by atoms with Crippen molar-refractivity contribution in [3.05, 3.63) is 65.0 Å². The van der Waals surface area contributed by atoms with Gasteiger partial charge < -0.3 is 21.1 Å². The van der Waals surface area contributed by atoms with Crippen molar-refractivity contribution in [3.8, 4) is 12.3 Å². The Morgan fingerprint density at radius 3 is 2.74 bits per heavy atom. The van der Waals surface area contributed by atoms with E-state index in [-0.39, 0.29) is 43.0 Å². The first kappa shape index (κ1) is 24.7. The summed E-state index contributed by atoms with van der Waals surface area (Å²) in [4.78, 5) is 17.4. The molecule has 1 heterocycles. The molecule has 6 nitrogen and oxygen atoms in total. The number of aliphatic hydroxyl groups excluding tert-OH is 1. The van der Waals surface area contributed by atoms with Crippen LogP contribution in [-0.2, 0) is 4.79 Å². The summed E-state index contributed by atoms with van der Waals surface area (Å²) in [6, 6.07) is 17.1. The minimum atomic E-state index is -0.674. The summed E-state index contributed by atoms with van der Waals surface area (Å²) in [6.45, 7) is 2.79. The molecule has 1 aromatic heterocycles. The highest BCUT2D eigenvalue weighted by atomic mass is 127. The van der Waals surface area contributed by atoms with Gasteiger partial charge in [0.1, 0.15) is 12.6 Å². The second kappa shape index (κ2) is 12.3. The lowest BCUT2D eigenvalue weighted by atomic mass is 10.2. The van der Waals surface area contributed by atoms with Gasteiger partial charge in [-0.05, 0) is 42.6 Å². The number of guanidine groups is 1. The van der Waals surface area contributed by atoms with E-state index in [4.69, 9.17) is 6.42 Å². The van der Waals surface area contributed by atoms with Gasteiger partial charge in [0.15, 0.2) is 5.96 Å². The monoisotopic (exact) mass is 548 g/mol. The Balaban J connectivity index is 0.00000341. The molecule has 8 heteroatoms. The Hall–Kier alpha value is -2.61. The van der Waals surface area contributed by atoms with Crippen molar-refractivity contribution >= 4 is 63.0 Å². The van der Waals surface area contributed by atoms with Crippen molar-refractivity contribution < 1.29 is 9.90 Å². The number of carbonyl (C=O) groups excluding carboxylic acids is 1. The van der Waals surface area contributed by atoms with Crippen molar-refractivity contribution in [2.75, 3.05) is 25.0 Å². The van der Waals surface area contributed by atoms with E-state index in [2.05, 4.69) is 26.9 Å². The molecule has 31 heavy (non-hydrogen) atoms. The van der Waals surface area contributed by atoms with Crippen LogP contribution < -0.4 is 16.0 Å². The van der Waals surface area contributed by atoms with E-state index in [1.54, 1.807) is 35.6 Å². The third-order valence-corrected chi connectivity index (χ3v) is 5.49. The van der Waals surface area contributed by atoms with Crippen molar-refractivity contribution in [1.82, 2.24) is 10.6 Å². The number of carbonyl (C=O) groups is 1. The van der Waals surface area contributed by atoms with E-state index in [1.807, 2.05) is 37.3 Å². The van der Waals surface area contributed by atoms with Crippen LogP contribution in [0.4, 0.5) is 5.69 Å². The number of nitrogens with zero attached hydrogens (tertiary/aromatic N) is 1. The first-order valence-corrected chi connectivity index (χ1v) is 10.5. The smallest absolute Gasteiger partial charge is 0.246 e. The standard InChI is InChI=1S/C23H24N4O2S.HI/c1-3-16-8-7-10-18(12-16)27-22(29)15-26-23(24-4-2)25-14-19(28)21-13-17-9-5-6-11-20(17)30-21;/h1,5-13,19,28H,4,14-15H2,2H3,(H,27,29)(H2,24,25,26);1H. The first-order chi connectivity index (χ1) is 14.6. The maximum absolute atomic E-state index is 12.2. The third-order valence-electron chi connectivity index (χ3n) is 4.27. The van der Waals surface area contributed by atoms with Crippen LogP contribution in [0.15, 0.2) is 59.6 Å². The van der Waals surface area contributed by atoms with Gasteiger partial charge in [0.05, 0.1) is 0 Å². The van der Waals surface area contributed by atoms with E-state index in [0.29, 0.717) is 23.8 Å². The minimum Gasteiger partial charge on any atom is -0.386 e. The van der Waals surface area contributed by atoms with Crippen LogP contribution in [0.2, 0.25) is 0 Å². The number of aliphatic hydroxyl groups is 1. The number of fused-ring (bicyclic) bond motifs is 1. The second-order valence-electron chi connectivity index (χ2n) is 6.55. The Labute approximate surface area is 203 Å². The number of aliphatic imine (C=N–C) groups is 1. The van der Waals surface area contributed by atoms with E-state index in [1.165, 1.54) is 0 Å². The maximum atomic E-state index is 12.2. The fourth-order valence-corrected chi connectivity index (χ4v) is 3.89. The number of terminal acetylenes is 1. The summed E-state index contributed by atoms with van der Waals surface area (Å²) < 4.78 is 1.14. The molecule has 0 bridgehead atoms. The Kier molecular flexibility index (Phi) is 9.78. The normalized spacial score (nSPS) is 11.8. The molecule has 1 unspecified atom stereocenters. The predicted molar refractivity (Wildman–Crippen MR) is 139 cm³/mol. The fourth-order valence-electron chi connectivity index (χ4n) is 2.84. The SMILES string of the molecule is C#Cc1cccc(NC(=O)CN=C(NCC)NCC(O)c2cc3ccccc3s2)c1.I. The zero-order chi connectivity index (χ0) is 21.3. The summed E-state index contributed by atoms with van der Waals surface area (Å²) in [6.07, 6.45) is 4.71. The highest BCUT2D eigenvalue weighted by Crippen LogP contribution is 2.29. The van der Waals surface area contributed by atoms with Crippen LogP contribution in [0.25, 0.3) is 10.1 Å². The van der Waals surface area contributed by atoms with E-state index >= 15 is 0 Å². The van der Waals surface area contributed by atoms with Crippen molar-refractivity contribution in [3.63, 3.8) is 0 Å². The molecule has 0 saturated carbocycles. The minimum absolute atomic E-state index is 0. The molecular formula is C23H25IN4O2S. The van der Waals surface area contributed by atoms with Crippen LogP contribution in [0.3, 0.4) is 0 Å². The summed E-state index contributed by atoms with van der Waals surface area (Å²) in [7, 11) is 0. The molecule has 2 aromatic carbocycles. The topological polar surface area (TPSA) is 85.8 Å². The van der Waals surface area contributed by atoms with Gasteiger partial charge in [0.2, 0.25) is 5.91 Å². The van der Waals surface area contributed by atoms with Crippen LogP contribution in [0, 0.1) is 12.3 Å². The average Bonchev–Trinajstić information content (AvgIpc) is 3.20. The van der Waals surface area contributed by atoms with Crippen LogP contribution in [0.5, 0.6) is 0 Å². The number of nitrogens with one attached hydrogen (secondary N) is 3. The van der Waals surface area contributed by atoms with Crippen molar-refractivity contribution in [2.24, 2.45) is 4.99 Å². The molecule has 0 fully saturated rings. The number of hydrogen-bond donors (Lipinski definition) is 4. The predicted octanol–water partition coefficient (Wildman–Crippen LogP) is 3.73. The number of amides is 1. The lowest BCUT2D eigenvalue weighted by Gasteiger charge is -2.14. The molecule has 1 amide bonds. The van der Waals surface area contributed by atoms with E-state index < -0.39 is 6.10 Å². The third kappa shape index (κ3) is 7.24. The lowest BCUT2D eigenvalue weighted by Crippen LogP contribution is -2.40. The van der Waals surface area contributed by atoms with Gasteiger partial charge in [0.25, 0.3) is 0 Å². The zero-order valence-electron chi connectivity index (χ0n) is 17.1. The Morgan fingerprint density at radius 2 is 2.00 bits per heavy atom. The number of anilines is 1. The first-order valence-electron chi connectivity index (χ1n) is 9.64. The van der Waals surface area contributed by atoms with Gasteiger partial charge in [-0.1, -0.05) is 30.2 Å². The second-order valence-corrected chi connectivity index (χ2v) is 7.67. The number of benzene rings is 2. The summed E-state index contributed by atoms with van der Waals surface area (Å²) in [5.41, 5.74) is 1.32. The largest absolute Gasteiger partial charge is 0.386 e. The van der Waals surface area contributed by atoms with Gasteiger partial charge in [0, 0.05) is 33.9 Å². The molecule has 0 aliphatic carbocycles. The Morgan fingerprint density at radius 1 is 1.19 bits per heavy atom. The van der Waals surface area contributed by atoms with Gasteiger partial charge >= 0.3 is 0 Å². The quantitative estimate of drug-likeness (QED) is 0.157. The lowest BCUT2D eigenvalue weighted by molar-refractivity contribution is -0.114. The van der Waals surface area contributed by atoms with Crippen LogP contribution >= 0.6 is 35.3 Å². The van der Waals surface area contributed by atoms with Gasteiger partial charge in [-0.3, -0.25) is 4.79 Å². The van der Waals surface area contributed by atoms with Crippen LogP contribution in [0.1, 0.15) is 23.5 Å². The van der Waals surface area contributed by atoms with E-state index in [9.17, 15) is 9.90 Å². The Bertz CT molecular complexity index is 1060. The molecule has 4 N–H and O–H groups in total. The molecule has 162 valence electrons. The van der Waals surface area contributed by atoms with Gasteiger partial charge in [-0.15, -0.1) is 41.7 Å². The van der Waals surface area contributed by atoms with Gasteiger partial charge in [-0.2, -0.15) is 0 Å². The fraction of sp³-hybridized carbons (Fsp3) is 0.217. The maximum Gasteiger partial charge on any atom is 0.246 e. The molecule has 3 aromatic rings. The summed E-state index contributed by atoms with van der Waals surface area (Å²) in [5.74, 6) is 2.74. The molecule has 0 spiro atoms. The number of rotatable bonds is 7. The number of thiophene rings is 1. The number of hydrogen-bond acceptors (Lipinski definition) is 4. The molecule has 0 radical (unpaired) electrons.